The SMILES string of the molecule is CCCNC(C1CCOC1)C1CSCCO1. The third-order valence-corrected chi connectivity index (χ3v) is 4.36. The van der Waals surface area contributed by atoms with E-state index in [4.69, 9.17) is 9.47 Å². The van der Waals surface area contributed by atoms with Crippen LogP contribution in [-0.4, -0.2) is 50.0 Å². The lowest BCUT2D eigenvalue weighted by atomic mass is 9.94. The Morgan fingerprint density at radius 3 is 3.00 bits per heavy atom. The second-order valence-electron chi connectivity index (χ2n) is 4.59. The summed E-state index contributed by atoms with van der Waals surface area (Å²) in [6, 6.07) is 0.496. The van der Waals surface area contributed by atoms with Crippen molar-refractivity contribution < 1.29 is 9.47 Å². The average molecular weight is 245 g/mol. The third-order valence-electron chi connectivity index (χ3n) is 3.35. The average Bonchev–Trinajstić information content (AvgIpc) is 2.85. The lowest BCUT2D eigenvalue weighted by Crippen LogP contribution is -2.49. The van der Waals surface area contributed by atoms with Gasteiger partial charge in [0.15, 0.2) is 0 Å². The predicted molar refractivity (Wildman–Crippen MR) is 68.1 cm³/mol. The summed E-state index contributed by atoms with van der Waals surface area (Å²) in [6.07, 6.45) is 2.76. The molecule has 2 fully saturated rings. The zero-order valence-electron chi connectivity index (χ0n) is 10.1. The van der Waals surface area contributed by atoms with Crippen LogP contribution in [0.4, 0.5) is 0 Å². The van der Waals surface area contributed by atoms with E-state index in [1.54, 1.807) is 0 Å². The first-order chi connectivity index (χ1) is 7.92. The Bertz CT molecular complexity index is 191. The van der Waals surface area contributed by atoms with Gasteiger partial charge >= 0.3 is 0 Å². The fraction of sp³-hybridized carbons (Fsp3) is 1.00. The van der Waals surface area contributed by atoms with Gasteiger partial charge in [0.1, 0.15) is 0 Å². The maximum absolute atomic E-state index is 5.91. The van der Waals surface area contributed by atoms with Crippen molar-refractivity contribution in [2.45, 2.75) is 31.9 Å². The number of hydrogen-bond acceptors (Lipinski definition) is 4. The predicted octanol–water partition coefficient (Wildman–Crippen LogP) is 1.52. The molecule has 0 amide bonds. The van der Waals surface area contributed by atoms with Gasteiger partial charge in [-0.1, -0.05) is 6.92 Å². The summed E-state index contributed by atoms with van der Waals surface area (Å²) in [5.41, 5.74) is 0. The molecule has 1 N–H and O–H groups in total. The highest BCUT2D eigenvalue weighted by Crippen LogP contribution is 2.24. The molecule has 2 aliphatic heterocycles. The van der Waals surface area contributed by atoms with Gasteiger partial charge in [-0.3, -0.25) is 0 Å². The molecule has 2 aliphatic rings. The Labute approximate surface area is 103 Å². The molecular formula is C12H23NO2S. The van der Waals surface area contributed by atoms with Crippen LogP contribution < -0.4 is 5.32 Å². The quantitative estimate of drug-likeness (QED) is 0.795. The minimum atomic E-state index is 0.386. The zero-order chi connectivity index (χ0) is 11.2. The minimum Gasteiger partial charge on any atom is -0.381 e. The molecule has 2 rings (SSSR count). The van der Waals surface area contributed by atoms with Crippen molar-refractivity contribution in [1.29, 1.82) is 0 Å². The first kappa shape index (κ1) is 12.7. The van der Waals surface area contributed by atoms with E-state index in [1.165, 1.54) is 12.8 Å². The van der Waals surface area contributed by atoms with Crippen LogP contribution in [0.3, 0.4) is 0 Å². The summed E-state index contributed by atoms with van der Waals surface area (Å²) in [5.74, 6) is 2.94. The van der Waals surface area contributed by atoms with E-state index < -0.39 is 0 Å². The van der Waals surface area contributed by atoms with Gasteiger partial charge in [0.25, 0.3) is 0 Å². The summed E-state index contributed by atoms with van der Waals surface area (Å²) in [4.78, 5) is 0. The normalized spacial score (nSPS) is 32.8. The molecule has 0 aliphatic carbocycles. The van der Waals surface area contributed by atoms with Gasteiger partial charge < -0.3 is 14.8 Å². The molecule has 3 nitrogen and oxygen atoms in total. The van der Waals surface area contributed by atoms with Gasteiger partial charge in [0.2, 0.25) is 0 Å². The summed E-state index contributed by atoms with van der Waals surface area (Å²) >= 11 is 2.02. The second kappa shape index (κ2) is 6.84. The van der Waals surface area contributed by atoms with Crippen LogP contribution in [0.2, 0.25) is 0 Å². The minimum absolute atomic E-state index is 0.386. The van der Waals surface area contributed by atoms with Crippen molar-refractivity contribution >= 4 is 11.8 Å². The number of ether oxygens (including phenoxy) is 2. The van der Waals surface area contributed by atoms with Gasteiger partial charge in [-0.05, 0) is 19.4 Å². The molecule has 2 heterocycles. The van der Waals surface area contributed by atoms with Gasteiger partial charge in [0.05, 0.1) is 19.3 Å². The molecule has 0 spiro atoms. The Balaban J connectivity index is 1.89. The van der Waals surface area contributed by atoms with E-state index in [2.05, 4.69) is 12.2 Å². The molecule has 0 bridgehead atoms. The van der Waals surface area contributed by atoms with E-state index in [1.807, 2.05) is 11.8 Å². The summed E-state index contributed by atoms with van der Waals surface area (Å²) in [5, 5.41) is 3.66. The maximum atomic E-state index is 5.91. The van der Waals surface area contributed by atoms with Crippen LogP contribution in [0.15, 0.2) is 0 Å². The van der Waals surface area contributed by atoms with E-state index in [0.29, 0.717) is 18.1 Å². The zero-order valence-corrected chi connectivity index (χ0v) is 10.9. The molecule has 3 atom stereocenters. The maximum Gasteiger partial charge on any atom is 0.0822 e. The molecule has 3 unspecified atom stereocenters. The van der Waals surface area contributed by atoms with E-state index in [0.717, 1.165) is 37.9 Å². The topological polar surface area (TPSA) is 30.5 Å². The van der Waals surface area contributed by atoms with Crippen molar-refractivity contribution in [3.63, 3.8) is 0 Å². The molecule has 0 saturated carbocycles. The van der Waals surface area contributed by atoms with Gasteiger partial charge in [0, 0.05) is 30.1 Å². The van der Waals surface area contributed by atoms with Crippen LogP contribution in [-0.2, 0) is 9.47 Å². The number of nitrogens with one attached hydrogen (secondary N) is 1. The van der Waals surface area contributed by atoms with E-state index in [-0.39, 0.29) is 0 Å². The highest BCUT2D eigenvalue weighted by molar-refractivity contribution is 7.99. The first-order valence-electron chi connectivity index (χ1n) is 6.42. The Morgan fingerprint density at radius 1 is 1.44 bits per heavy atom. The van der Waals surface area contributed by atoms with E-state index >= 15 is 0 Å². The van der Waals surface area contributed by atoms with Crippen LogP contribution in [0.5, 0.6) is 0 Å². The number of rotatable bonds is 5. The molecule has 94 valence electrons. The number of hydrogen-bond donors (Lipinski definition) is 1. The van der Waals surface area contributed by atoms with Crippen LogP contribution >= 0.6 is 11.8 Å². The van der Waals surface area contributed by atoms with Crippen molar-refractivity contribution in [2.24, 2.45) is 5.92 Å². The largest absolute Gasteiger partial charge is 0.381 e. The molecule has 0 radical (unpaired) electrons. The molecule has 0 aromatic heterocycles. The molecular weight excluding hydrogens is 222 g/mol. The Kier molecular flexibility index (Phi) is 5.42. The summed E-state index contributed by atoms with van der Waals surface area (Å²) in [7, 11) is 0. The lowest BCUT2D eigenvalue weighted by Gasteiger charge is -2.34. The molecule has 0 aromatic carbocycles. The summed E-state index contributed by atoms with van der Waals surface area (Å²) < 4.78 is 11.4. The van der Waals surface area contributed by atoms with Crippen molar-refractivity contribution in [3.05, 3.63) is 0 Å². The standard InChI is InChI=1S/C12H23NO2S/c1-2-4-13-12(10-3-5-14-8-10)11-9-16-7-6-15-11/h10-13H,2-9H2,1H3. The molecule has 2 saturated heterocycles. The third kappa shape index (κ3) is 3.36. The monoisotopic (exact) mass is 245 g/mol. The lowest BCUT2D eigenvalue weighted by molar-refractivity contribution is 0.0274. The van der Waals surface area contributed by atoms with Crippen molar-refractivity contribution in [1.82, 2.24) is 5.32 Å². The number of thioether (sulfide) groups is 1. The van der Waals surface area contributed by atoms with Crippen LogP contribution in [0, 0.1) is 5.92 Å². The molecule has 4 heteroatoms. The first-order valence-corrected chi connectivity index (χ1v) is 7.57. The fourth-order valence-electron chi connectivity index (χ4n) is 2.46. The van der Waals surface area contributed by atoms with Crippen LogP contribution in [0.1, 0.15) is 19.8 Å². The smallest absolute Gasteiger partial charge is 0.0822 e. The van der Waals surface area contributed by atoms with Crippen LogP contribution in [0.25, 0.3) is 0 Å². The van der Waals surface area contributed by atoms with E-state index in [9.17, 15) is 0 Å². The molecule has 16 heavy (non-hydrogen) atoms. The van der Waals surface area contributed by atoms with Gasteiger partial charge in [-0.2, -0.15) is 11.8 Å². The fourth-order valence-corrected chi connectivity index (χ4v) is 3.38. The Morgan fingerprint density at radius 2 is 2.38 bits per heavy atom. The Hall–Kier alpha value is 0.230. The van der Waals surface area contributed by atoms with Crippen molar-refractivity contribution in [3.8, 4) is 0 Å². The second-order valence-corrected chi connectivity index (χ2v) is 5.74. The van der Waals surface area contributed by atoms with Gasteiger partial charge in [-0.15, -0.1) is 0 Å². The highest BCUT2D eigenvalue weighted by atomic mass is 32.2. The highest BCUT2D eigenvalue weighted by Gasteiger charge is 2.33. The molecule has 0 aromatic rings. The van der Waals surface area contributed by atoms with Gasteiger partial charge in [-0.25, -0.2) is 0 Å². The summed E-state index contributed by atoms with van der Waals surface area (Å²) in [6.45, 7) is 6.05. The van der Waals surface area contributed by atoms with Crippen molar-refractivity contribution in [2.75, 3.05) is 37.9 Å².